The summed E-state index contributed by atoms with van der Waals surface area (Å²) in [5.74, 6) is 0.900. The molecule has 0 saturated heterocycles. The summed E-state index contributed by atoms with van der Waals surface area (Å²) in [4.78, 5) is 3.96. The molecule has 1 aliphatic heterocycles. The van der Waals surface area contributed by atoms with Gasteiger partial charge in [-0.05, 0) is 6.08 Å². The van der Waals surface area contributed by atoms with Crippen molar-refractivity contribution in [2.75, 3.05) is 0 Å². The molecule has 0 unspecified atom stereocenters. The molecular weight excluding hydrogens is 150 g/mol. The average molecular weight is 155 g/mol. The van der Waals surface area contributed by atoms with Gasteiger partial charge in [-0.25, -0.2) is 4.98 Å². The fraction of sp³-hybridized carbons (Fsp3) is 0.167. The van der Waals surface area contributed by atoms with E-state index in [1.54, 1.807) is 16.8 Å². The maximum absolute atomic E-state index is 5.69. The van der Waals surface area contributed by atoms with E-state index in [0.29, 0.717) is 6.67 Å². The summed E-state index contributed by atoms with van der Waals surface area (Å²) in [5.41, 5.74) is 0. The SMILES string of the molecule is ClN1C=Cc2n[c]cn2C1. The van der Waals surface area contributed by atoms with Crippen molar-refractivity contribution in [2.45, 2.75) is 6.67 Å². The molecule has 0 aromatic carbocycles. The van der Waals surface area contributed by atoms with Gasteiger partial charge in [-0.1, -0.05) is 0 Å². The molecule has 10 heavy (non-hydrogen) atoms. The second-order valence-corrected chi connectivity index (χ2v) is 2.49. The summed E-state index contributed by atoms with van der Waals surface area (Å²) >= 11 is 5.69. The summed E-state index contributed by atoms with van der Waals surface area (Å²) in [6.45, 7) is 0.643. The van der Waals surface area contributed by atoms with Crippen molar-refractivity contribution in [3.8, 4) is 0 Å². The maximum atomic E-state index is 5.69. The van der Waals surface area contributed by atoms with Crippen LogP contribution in [0.4, 0.5) is 0 Å². The Hall–Kier alpha value is -0.960. The third-order valence-corrected chi connectivity index (χ3v) is 1.58. The van der Waals surface area contributed by atoms with E-state index in [4.69, 9.17) is 11.8 Å². The lowest BCUT2D eigenvalue weighted by Crippen LogP contribution is -2.15. The second-order valence-electron chi connectivity index (χ2n) is 2.05. The number of imidazole rings is 1. The topological polar surface area (TPSA) is 21.1 Å². The van der Waals surface area contributed by atoms with Crippen LogP contribution in [0.3, 0.4) is 0 Å². The van der Waals surface area contributed by atoms with Crippen LogP contribution in [0.25, 0.3) is 6.08 Å². The van der Waals surface area contributed by atoms with E-state index in [9.17, 15) is 0 Å². The number of aromatic nitrogens is 2. The highest BCUT2D eigenvalue weighted by molar-refractivity contribution is 6.14. The predicted octanol–water partition coefficient (Wildman–Crippen LogP) is 1.08. The molecule has 2 heterocycles. The lowest BCUT2D eigenvalue weighted by Gasteiger charge is -2.16. The van der Waals surface area contributed by atoms with Gasteiger partial charge in [0.1, 0.15) is 18.7 Å². The Morgan fingerprint density at radius 1 is 1.70 bits per heavy atom. The fourth-order valence-electron chi connectivity index (χ4n) is 0.882. The fourth-order valence-corrected chi connectivity index (χ4v) is 1.05. The first-order valence-electron chi connectivity index (χ1n) is 2.90. The Bertz CT molecular complexity index is 266. The van der Waals surface area contributed by atoms with Crippen molar-refractivity contribution in [1.82, 2.24) is 14.0 Å². The van der Waals surface area contributed by atoms with E-state index in [1.165, 1.54) is 0 Å². The first-order chi connectivity index (χ1) is 4.86. The van der Waals surface area contributed by atoms with E-state index in [1.807, 2.05) is 10.6 Å². The molecule has 4 heteroatoms. The maximum Gasteiger partial charge on any atom is 0.136 e. The minimum Gasteiger partial charge on any atom is -0.311 e. The smallest absolute Gasteiger partial charge is 0.136 e. The molecule has 0 bridgehead atoms. The molecule has 2 rings (SSSR count). The van der Waals surface area contributed by atoms with Crippen molar-refractivity contribution in [3.05, 3.63) is 24.4 Å². The van der Waals surface area contributed by atoms with Crippen molar-refractivity contribution in [3.63, 3.8) is 0 Å². The van der Waals surface area contributed by atoms with Crippen LogP contribution in [0, 0.1) is 6.20 Å². The predicted molar refractivity (Wildman–Crippen MR) is 37.8 cm³/mol. The third-order valence-electron chi connectivity index (χ3n) is 1.36. The van der Waals surface area contributed by atoms with Gasteiger partial charge in [-0.15, -0.1) is 0 Å². The van der Waals surface area contributed by atoms with Crippen molar-refractivity contribution < 1.29 is 0 Å². The van der Waals surface area contributed by atoms with Gasteiger partial charge in [-0.2, -0.15) is 0 Å². The van der Waals surface area contributed by atoms with Crippen LogP contribution < -0.4 is 0 Å². The Balaban J connectivity index is 2.43. The van der Waals surface area contributed by atoms with E-state index in [-0.39, 0.29) is 0 Å². The molecule has 0 fully saturated rings. The van der Waals surface area contributed by atoms with Gasteiger partial charge in [0.05, 0.1) is 0 Å². The van der Waals surface area contributed by atoms with Gasteiger partial charge in [0.15, 0.2) is 0 Å². The van der Waals surface area contributed by atoms with Crippen LogP contribution in [0.2, 0.25) is 0 Å². The van der Waals surface area contributed by atoms with Gasteiger partial charge in [0.25, 0.3) is 0 Å². The average Bonchev–Trinajstić information content (AvgIpc) is 2.33. The van der Waals surface area contributed by atoms with Crippen LogP contribution in [0.5, 0.6) is 0 Å². The molecule has 0 aliphatic carbocycles. The number of rotatable bonds is 0. The number of hydrogen-bond donors (Lipinski definition) is 0. The van der Waals surface area contributed by atoms with Gasteiger partial charge in [0, 0.05) is 24.2 Å². The Labute approximate surface area is 63.6 Å². The largest absolute Gasteiger partial charge is 0.311 e. The van der Waals surface area contributed by atoms with Crippen molar-refractivity contribution >= 4 is 17.9 Å². The van der Waals surface area contributed by atoms with Crippen LogP contribution in [-0.2, 0) is 6.67 Å². The highest BCUT2D eigenvalue weighted by Gasteiger charge is 2.06. The first kappa shape index (κ1) is 5.80. The summed E-state index contributed by atoms with van der Waals surface area (Å²) in [7, 11) is 0. The quantitative estimate of drug-likeness (QED) is 0.522. The molecule has 1 radical (unpaired) electrons. The van der Waals surface area contributed by atoms with Crippen LogP contribution in [0.1, 0.15) is 5.82 Å². The van der Waals surface area contributed by atoms with E-state index in [2.05, 4.69) is 11.2 Å². The summed E-state index contributed by atoms with van der Waals surface area (Å²) in [6.07, 6.45) is 8.12. The molecule has 51 valence electrons. The summed E-state index contributed by atoms with van der Waals surface area (Å²) in [5, 5.41) is 0. The zero-order valence-electron chi connectivity index (χ0n) is 5.16. The molecule has 0 saturated carbocycles. The van der Waals surface area contributed by atoms with Gasteiger partial charge in [-0.3, -0.25) is 4.42 Å². The van der Waals surface area contributed by atoms with Gasteiger partial charge in [0.2, 0.25) is 0 Å². The Kier molecular flexibility index (Phi) is 1.17. The number of fused-ring (bicyclic) bond motifs is 1. The molecule has 0 amide bonds. The van der Waals surface area contributed by atoms with Crippen LogP contribution in [-0.4, -0.2) is 14.0 Å². The van der Waals surface area contributed by atoms with Crippen molar-refractivity contribution in [2.24, 2.45) is 0 Å². The second kappa shape index (κ2) is 2.02. The normalized spacial score (nSPS) is 15.5. The van der Waals surface area contributed by atoms with Crippen LogP contribution >= 0.6 is 11.8 Å². The summed E-state index contributed by atoms with van der Waals surface area (Å²) in [6, 6.07) is 0. The molecule has 0 spiro atoms. The molecule has 0 N–H and O–H groups in total. The molecule has 3 nitrogen and oxygen atoms in total. The highest BCUT2D eigenvalue weighted by atomic mass is 35.5. The van der Waals surface area contributed by atoms with Crippen LogP contribution in [0.15, 0.2) is 12.4 Å². The molecule has 1 aromatic rings. The van der Waals surface area contributed by atoms with Crippen molar-refractivity contribution in [1.29, 1.82) is 0 Å². The molecule has 1 aliphatic rings. The standard InChI is InChI=1S/C6H5ClN3/c7-10-3-1-6-8-2-4-9(6)5-10/h1,3-4H,5H2. The van der Waals surface area contributed by atoms with E-state index in [0.717, 1.165) is 5.82 Å². The highest BCUT2D eigenvalue weighted by Crippen LogP contribution is 2.11. The van der Waals surface area contributed by atoms with Gasteiger partial charge < -0.3 is 4.57 Å². The minimum atomic E-state index is 0.643. The summed E-state index contributed by atoms with van der Waals surface area (Å²) < 4.78 is 3.47. The zero-order chi connectivity index (χ0) is 6.97. The molecule has 1 aromatic heterocycles. The lowest BCUT2D eigenvalue weighted by molar-refractivity contribution is 0.460. The number of hydrogen-bond acceptors (Lipinski definition) is 2. The number of halogens is 1. The zero-order valence-corrected chi connectivity index (χ0v) is 5.91. The monoisotopic (exact) mass is 154 g/mol. The van der Waals surface area contributed by atoms with Gasteiger partial charge >= 0.3 is 0 Å². The molecule has 0 atom stereocenters. The number of nitrogens with zero attached hydrogens (tertiary/aromatic N) is 3. The molecular formula is C6H5ClN3. The Morgan fingerprint density at radius 3 is 3.50 bits per heavy atom. The minimum absolute atomic E-state index is 0.643. The van der Waals surface area contributed by atoms with E-state index >= 15 is 0 Å². The Morgan fingerprint density at radius 2 is 2.60 bits per heavy atom. The van der Waals surface area contributed by atoms with E-state index < -0.39 is 0 Å². The first-order valence-corrected chi connectivity index (χ1v) is 3.24. The third kappa shape index (κ3) is 0.789. The lowest BCUT2D eigenvalue weighted by atomic mass is 10.5.